The molecule has 7 nitrogen and oxygen atoms in total. The fourth-order valence-corrected chi connectivity index (χ4v) is 2.32. The number of ether oxygens (including phenoxy) is 2. The summed E-state index contributed by atoms with van der Waals surface area (Å²) in [6.45, 7) is 3.25. The smallest absolute Gasteiger partial charge is 0.387 e. The molecule has 9 heteroatoms. The first-order valence-electron chi connectivity index (χ1n) is 8.61. The van der Waals surface area contributed by atoms with Crippen molar-refractivity contribution >= 4 is 11.9 Å². The molecule has 0 heterocycles. The van der Waals surface area contributed by atoms with E-state index in [1.807, 2.05) is 0 Å². The third-order valence-electron chi connectivity index (χ3n) is 3.78. The summed E-state index contributed by atoms with van der Waals surface area (Å²) in [4.78, 5) is 15.9. The van der Waals surface area contributed by atoms with Gasteiger partial charge in [-0.3, -0.25) is 9.79 Å². The first-order chi connectivity index (χ1) is 12.7. The van der Waals surface area contributed by atoms with Gasteiger partial charge in [-0.25, -0.2) is 0 Å². The number of amides is 1. The van der Waals surface area contributed by atoms with E-state index in [1.54, 1.807) is 53.1 Å². The van der Waals surface area contributed by atoms with Crippen molar-refractivity contribution in [2.45, 2.75) is 33.9 Å². The second-order valence-electron chi connectivity index (χ2n) is 6.30. The molecule has 0 spiro atoms. The lowest BCUT2D eigenvalue weighted by Crippen LogP contribution is -2.47. The van der Waals surface area contributed by atoms with Crippen LogP contribution in [0.2, 0.25) is 0 Å². The highest BCUT2D eigenvalue weighted by molar-refractivity contribution is 5.84. The van der Waals surface area contributed by atoms with Crippen molar-refractivity contribution in [3.8, 4) is 11.5 Å². The predicted octanol–water partition coefficient (Wildman–Crippen LogP) is 2.12. The van der Waals surface area contributed by atoms with Crippen molar-refractivity contribution < 1.29 is 23.0 Å². The lowest BCUT2D eigenvalue weighted by atomic mass is 9.92. The summed E-state index contributed by atoms with van der Waals surface area (Å²) < 4.78 is 35.6. The molecule has 0 atom stereocenters. The van der Waals surface area contributed by atoms with Crippen LogP contribution >= 0.6 is 0 Å². The van der Waals surface area contributed by atoms with Gasteiger partial charge in [0, 0.05) is 32.7 Å². The molecule has 0 bridgehead atoms. The van der Waals surface area contributed by atoms with Crippen molar-refractivity contribution in [1.29, 1.82) is 0 Å². The van der Waals surface area contributed by atoms with Crippen LogP contribution in [0, 0.1) is 5.41 Å². The SMILES string of the molecule is CCOc1cccc(CNC(=NC)NCC(C)(C)C(=O)NC)c1OC(F)F. The molecule has 0 unspecified atom stereocenters. The monoisotopic (exact) mass is 386 g/mol. The average Bonchev–Trinajstić information content (AvgIpc) is 2.63. The molecule has 27 heavy (non-hydrogen) atoms. The largest absolute Gasteiger partial charge is 0.490 e. The van der Waals surface area contributed by atoms with Crippen LogP contribution in [-0.2, 0) is 11.3 Å². The number of guanidine groups is 1. The second-order valence-corrected chi connectivity index (χ2v) is 6.30. The minimum atomic E-state index is -2.96. The van der Waals surface area contributed by atoms with Gasteiger partial charge in [0.1, 0.15) is 0 Å². The van der Waals surface area contributed by atoms with Crippen LogP contribution in [0.4, 0.5) is 8.78 Å². The first kappa shape index (κ1) is 22.5. The third kappa shape index (κ3) is 6.92. The molecule has 1 aromatic rings. The van der Waals surface area contributed by atoms with Crippen molar-refractivity contribution in [2.75, 3.05) is 27.2 Å². The summed E-state index contributed by atoms with van der Waals surface area (Å²) in [6.07, 6.45) is 0. The Balaban J connectivity index is 2.83. The first-order valence-corrected chi connectivity index (χ1v) is 8.61. The van der Waals surface area contributed by atoms with Crippen molar-refractivity contribution in [1.82, 2.24) is 16.0 Å². The fourth-order valence-electron chi connectivity index (χ4n) is 2.32. The number of benzene rings is 1. The van der Waals surface area contributed by atoms with E-state index in [0.717, 1.165) is 0 Å². The lowest BCUT2D eigenvalue weighted by Gasteiger charge is -2.24. The van der Waals surface area contributed by atoms with E-state index >= 15 is 0 Å². The minimum Gasteiger partial charge on any atom is -0.490 e. The number of aliphatic imine (C=N–C) groups is 1. The third-order valence-corrected chi connectivity index (χ3v) is 3.78. The van der Waals surface area contributed by atoms with E-state index in [4.69, 9.17) is 4.74 Å². The van der Waals surface area contributed by atoms with Crippen LogP contribution in [0.15, 0.2) is 23.2 Å². The number of nitrogens with zero attached hydrogens (tertiary/aromatic N) is 1. The van der Waals surface area contributed by atoms with E-state index in [2.05, 4.69) is 25.7 Å². The summed E-state index contributed by atoms with van der Waals surface area (Å²) >= 11 is 0. The lowest BCUT2D eigenvalue weighted by molar-refractivity contribution is -0.128. The number of hydrogen-bond donors (Lipinski definition) is 3. The number of para-hydroxylation sites is 1. The van der Waals surface area contributed by atoms with Crippen LogP contribution in [0.5, 0.6) is 11.5 Å². The van der Waals surface area contributed by atoms with Crippen molar-refractivity contribution in [3.05, 3.63) is 23.8 Å². The standard InChI is InChI=1S/C18H28F2N4O3/c1-6-26-13-9-7-8-12(14(13)27-16(19)20)10-23-17(22-5)24-11-18(2,3)15(25)21-4/h7-9,16H,6,10-11H2,1-5H3,(H,21,25)(H2,22,23,24). The molecule has 0 aromatic heterocycles. The van der Waals surface area contributed by atoms with Gasteiger partial charge >= 0.3 is 6.61 Å². The number of rotatable bonds is 9. The molecule has 0 aliphatic rings. The molecule has 0 radical (unpaired) electrons. The van der Waals surface area contributed by atoms with Crippen LogP contribution in [0.25, 0.3) is 0 Å². The second kappa shape index (κ2) is 10.5. The Morgan fingerprint density at radius 1 is 1.30 bits per heavy atom. The number of carbonyl (C=O) groups excluding carboxylic acids is 1. The highest BCUT2D eigenvalue weighted by Gasteiger charge is 2.26. The van der Waals surface area contributed by atoms with Gasteiger partial charge in [0.15, 0.2) is 17.5 Å². The van der Waals surface area contributed by atoms with Gasteiger partial charge in [0.05, 0.1) is 12.0 Å². The Morgan fingerprint density at radius 2 is 2.00 bits per heavy atom. The topological polar surface area (TPSA) is 84.0 Å². The molecule has 152 valence electrons. The van der Waals surface area contributed by atoms with E-state index < -0.39 is 12.0 Å². The van der Waals surface area contributed by atoms with Gasteiger partial charge in [0.25, 0.3) is 0 Å². The van der Waals surface area contributed by atoms with Crippen LogP contribution in [0.3, 0.4) is 0 Å². The summed E-state index contributed by atoms with van der Waals surface area (Å²) in [7, 11) is 3.16. The molecule has 1 rings (SSSR count). The van der Waals surface area contributed by atoms with Gasteiger partial charge in [-0.15, -0.1) is 0 Å². The normalized spacial score (nSPS) is 11.9. The molecule has 0 aliphatic carbocycles. The van der Waals surface area contributed by atoms with Crippen LogP contribution in [0.1, 0.15) is 26.3 Å². The maximum absolute atomic E-state index is 12.8. The summed E-state index contributed by atoms with van der Waals surface area (Å²) in [5.41, 5.74) is -0.152. The van der Waals surface area contributed by atoms with E-state index in [9.17, 15) is 13.6 Å². The van der Waals surface area contributed by atoms with Gasteiger partial charge in [-0.1, -0.05) is 12.1 Å². The van der Waals surface area contributed by atoms with Gasteiger partial charge < -0.3 is 25.4 Å². The van der Waals surface area contributed by atoms with E-state index in [-0.39, 0.29) is 24.0 Å². The summed E-state index contributed by atoms with van der Waals surface area (Å²) in [6, 6.07) is 4.93. The molecule has 0 aliphatic heterocycles. The number of halogens is 2. The minimum absolute atomic E-state index is 0.0111. The molecular weight excluding hydrogens is 358 g/mol. The van der Waals surface area contributed by atoms with Gasteiger partial charge in [-0.2, -0.15) is 8.78 Å². The average molecular weight is 386 g/mol. The zero-order valence-corrected chi connectivity index (χ0v) is 16.4. The molecule has 0 saturated carbocycles. The predicted molar refractivity (Wildman–Crippen MR) is 100 cm³/mol. The highest BCUT2D eigenvalue weighted by Crippen LogP contribution is 2.32. The molecular formula is C18H28F2N4O3. The van der Waals surface area contributed by atoms with Gasteiger partial charge in [-0.05, 0) is 26.8 Å². The van der Waals surface area contributed by atoms with Crippen molar-refractivity contribution in [2.24, 2.45) is 10.4 Å². The zero-order chi connectivity index (χ0) is 20.4. The maximum atomic E-state index is 12.8. The number of nitrogens with one attached hydrogen (secondary N) is 3. The zero-order valence-electron chi connectivity index (χ0n) is 16.4. The Morgan fingerprint density at radius 3 is 2.56 bits per heavy atom. The maximum Gasteiger partial charge on any atom is 0.387 e. The fraction of sp³-hybridized carbons (Fsp3) is 0.556. The molecule has 1 amide bonds. The number of alkyl halides is 2. The quantitative estimate of drug-likeness (QED) is 0.447. The molecule has 0 fully saturated rings. The van der Waals surface area contributed by atoms with E-state index in [0.29, 0.717) is 24.7 Å². The number of carbonyl (C=O) groups is 1. The van der Waals surface area contributed by atoms with E-state index in [1.165, 1.54) is 0 Å². The Bertz CT molecular complexity index is 651. The molecule has 0 saturated heterocycles. The summed E-state index contributed by atoms with van der Waals surface area (Å²) in [5, 5.41) is 8.69. The van der Waals surface area contributed by atoms with Crippen LogP contribution < -0.4 is 25.4 Å². The van der Waals surface area contributed by atoms with Gasteiger partial charge in [0.2, 0.25) is 5.91 Å². The highest BCUT2D eigenvalue weighted by atomic mass is 19.3. The Labute approximate surface area is 158 Å². The number of hydrogen-bond acceptors (Lipinski definition) is 4. The van der Waals surface area contributed by atoms with Crippen molar-refractivity contribution in [3.63, 3.8) is 0 Å². The molecule has 1 aromatic carbocycles. The Kier molecular flexibility index (Phi) is 8.77. The summed E-state index contributed by atoms with van der Waals surface area (Å²) in [5.74, 6) is 0.558. The Hall–Kier alpha value is -2.58. The molecule has 3 N–H and O–H groups in total. The van der Waals surface area contributed by atoms with Crippen LogP contribution in [-0.4, -0.2) is 45.7 Å².